The number of halogens is 1. The Labute approximate surface area is 168 Å². The summed E-state index contributed by atoms with van der Waals surface area (Å²) in [5.74, 6) is 0.510. The van der Waals surface area contributed by atoms with Crippen LogP contribution in [-0.2, 0) is 22.6 Å². The summed E-state index contributed by atoms with van der Waals surface area (Å²) in [6, 6.07) is 4.56. The molecule has 0 spiro atoms. The first-order valence-electron chi connectivity index (χ1n) is 9.69. The Kier molecular flexibility index (Phi) is 5.23. The van der Waals surface area contributed by atoms with E-state index >= 15 is 0 Å². The van der Waals surface area contributed by atoms with Gasteiger partial charge in [0, 0.05) is 17.8 Å². The number of aromatic nitrogens is 2. The first kappa shape index (κ1) is 19.4. The lowest BCUT2D eigenvalue weighted by Gasteiger charge is -2.35. The van der Waals surface area contributed by atoms with Gasteiger partial charge >= 0.3 is 6.09 Å². The van der Waals surface area contributed by atoms with Crippen molar-refractivity contribution in [3.8, 4) is 11.4 Å². The van der Waals surface area contributed by atoms with Crippen LogP contribution in [0.5, 0.6) is 0 Å². The molecule has 0 aliphatic carbocycles. The Bertz CT molecular complexity index is 939. The van der Waals surface area contributed by atoms with Gasteiger partial charge in [-0.2, -0.15) is 0 Å². The van der Waals surface area contributed by atoms with Gasteiger partial charge in [-0.15, -0.1) is 0 Å². The van der Waals surface area contributed by atoms with Crippen molar-refractivity contribution in [2.24, 2.45) is 0 Å². The molecule has 2 aliphatic rings. The molecule has 4 rings (SSSR count). The monoisotopic (exact) mass is 401 g/mol. The highest BCUT2D eigenvalue weighted by Gasteiger charge is 2.33. The molecule has 1 atom stereocenters. The zero-order chi connectivity index (χ0) is 20.5. The number of morpholine rings is 1. The number of rotatable bonds is 3. The zero-order valence-corrected chi connectivity index (χ0v) is 16.5. The second kappa shape index (κ2) is 7.82. The second-order valence-corrected chi connectivity index (χ2v) is 7.21. The minimum absolute atomic E-state index is 0.100. The van der Waals surface area contributed by atoms with E-state index in [1.807, 2.05) is 0 Å². The Morgan fingerprint density at radius 3 is 2.93 bits per heavy atom. The summed E-state index contributed by atoms with van der Waals surface area (Å²) in [6.07, 6.45) is -0.397. The molecule has 1 aromatic heterocycles. The van der Waals surface area contributed by atoms with Crippen LogP contribution >= 0.6 is 0 Å². The Balaban J connectivity index is 1.79. The lowest BCUT2D eigenvalue weighted by atomic mass is 10.1. The van der Waals surface area contributed by atoms with Crippen molar-refractivity contribution in [3.63, 3.8) is 0 Å². The molecule has 8 nitrogen and oxygen atoms in total. The van der Waals surface area contributed by atoms with Gasteiger partial charge in [0.15, 0.2) is 5.82 Å². The van der Waals surface area contributed by atoms with Crippen molar-refractivity contribution in [1.29, 1.82) is 0 Å². The van der Waals surface area contributed by atoms with Gasteiger partial charge in [-0.25, -0.2) is 19.2 Å². The summed E-state index contributed by atoms with van der Waals surface area (Å²) >= 11 is 0. The Hall–Kier alpha value is -2.94. The van der Waals surface area contributed by atoms with Crippen LogP contribution in [-0.4, -0.2) is 53.4 Å². The van der Waals surface area contributed by atoms with Crippen molar-refractivity contribution in [1.82, 2.24) is 14.9 Å². The number of carbonyl (C=O) groups excluding carboxylic acids is 1. The number of hydrogen-bond donors (Lipinski definition) is 1. The molecule has 2 aromatic rings. The molecular formula is C20H24FN5O3. The highest BCUT2D eigenvalue weighted by molar-refractivity contribution is 5.71. The predicted molar refractivity (Wildman–Crippen MR) is 106 cm³/mol. The van der Waals surface area contributed by atoms with Crippen LogP contribution in [0.25, 0.3) is 11.4 Å². The molecule has 2 N–H and O–H groups in total. The second-order valence-electron chi connectivity index (χ2n) is 7.21. The van der Waals surface area contributed by atoms with Gasteiger partial charge in [-0.3, -0.25) is 4.90 Å². The number of carbonyl (C=O) groups is 1. The van der Waals surface area contributed by atoms with Gasteiger partial charge in [0.05, 0.1) is 50.2 Å². The van der Waals surface area contributed by atoms with Gasteiger partial charge in [-0.1, -0.05) is 0 Å². The standard InChI is InChI=1S/C20H24FN5O3/c1-3-29-20(27)25-9-15-17(10-25)23-18(14-5-4-13(22)8-16(14)21)24-19(15)26-6-7-28-11-12(26)2/h4-5,8,12H,3,6-7,9-11,22H2,1-2H3/t12-/m0/s1. The predicted octanol–water partition coefficient (Wildman–Crippen LogP) is 2.56. The SMILES string of the molecule is CCOC(=O)N1Cc2nc(-c3ccc(N)cc3F)nc(N3CCOC[C@@H]3C)c2C1. The van der Waals surface area contributed by atoms with Gasteiger partial charge < -0.3 is 20.1 Å². The maximum Gasteiger partial charge on any atom is 0.410 e. The number of amides is 1. The fourth-order valence-corrected chi connectivity index (χ4v) is 3.69. The van der Waals surface area contributed by atoms with Gasteiger partial charge in [0.1, 0.15) is 11.6 Å². The summed E-state index contributed by atoms with van der Waals surface area (Å²) in [4.78, 5) is 25.3. The fourth-order valence-electron chi connectivity index (χ4n) is 3.69. The largest absolute Gasteiger partial charge is 0.450 e. The zero-order valence-electron chi connectivity index (χ0n) is 16.5. The molecule has 1 amide bonds. The number of fused-ring (bicyclic) bond motifs is 1. The van der Waals surface area contributed by atoms with Crippen molar-refractivity contribution in [3.05, 3.63) is 35.3 Å². The highest BCUT2D eigenvalue weighted by atomic mass is 19.1. The summed E-state index contributed by atoms with van der Waals surface area (Å²) < 4.78 is 25.3. The Morgan fingerprint density at radius 1 is 1.38 bits per heavy atom. The average molecular weight is 401 g/mol. The molecule has 0 saturated carbocycles. The smallest absolute Gasteiger partial charge is 0.410 e. The van der Waals surface area contributed by atoms with Crippen LogP contribution in [0, 0.1) is 5.82 Å². The van der Waals surface area contributed by atoms with E-state index in [2.05, 4.69) is 16.8 Å². The molecule has 1 saturated heterocycles. The summed E-state index contributed by atoms with van der Waals surface area (Å²) in [5.41, 5.74) is 7.86. The number of nitrogen functional groups attached to an aromatic ring is 1. The first-order valence-corrected chi connectivity index (χ1v) is 9.69. The molecule has 3 heterocycles. The maximum atomic E-state index is 14.6. The van der Waals surface area contributed by atoms with Crippen LogP contribution in [0.1, 0.15) is 25.1 Å². The summed E-state index contributed by atoms with van der Waals surface area (Å²) in [6.45, 7) is 6.59. The highest BCUT2D eigenvalue weighted by Crippen LogP contribution is 2.34. The van der Waals surface area contributed by atoms with E-state index in [0.717, 1.165) is 5.56 Å². The van der Waals surface area contributed by atoms with Gasteiger partial charge in [-0.05, 0) is 32.0 Å². The number of nitrogens with two attached hydrogens (primary N) is 1. The van der Waals surface area contributed by atoms with Crippen molar-refractivity contribution < 1.29 is 18.7 Å². The molecule has 1 aromatic carbocycles. The topological polar surface area (TPSA) is 93.8 Å². The summed E-state index contributed by atoms with van der Waals surface area (Å²) in [5, 5.41) is 0. The van der Waals surface area contributed by atoms with Crippen molar-refractivity contribution in [2.75, 3.05) is 37.0 Å². The van der Waals surface area contributed by atoms with Crippen LogP contribution in [0.15, 0.2) is 18.2 Å². The van der Waals surface area contributed by atoms with Crippen molar-refractivity contribution >= 4 is 17.6 Å². The van der Waals surface area contributed by atoms with E-state index in [-0.39, 0.29) is 17.4 Å². The molecule has 0 unspecified atom stereocenters. The normalized spacial score (nSPS) is 18.7. The van der Waals surface area contributed by atoms with E-state index < -0.39 is 11.9 Å². The van der Waals surface area contributed by atoms with Gasteiger partial charge in [0.25, 0.3) is 0 Å². The minimum Gasteiger partial charge on any atom is -0.450 e. The van der Waals surface area contributed by atoms with Crippen LogP contribution < -0.4 is 10.6 Å². The minimum atomic E-state index is -0.480. The molecule has 0 bridgehead atoms. The third kappa shape index (κ3) is 3.69. The van der Waals surface area contributed by atoms with E-state index in [9.17, 15) is 9.18 Å². The number of anilines is 2. The number of nitrogens with zero attached hydrogens (tertiary/aromatic N) is 4. The lowest BCUT2D eigenvalue weighted by molar-refractivity contribution is 0.0980. The van der Waals surface area contributed by atoms with Crippen LogP contribution in [0.3, 0.4) is 0 Å². The van der Waals surface area contributed by atoms with E-state index in [4.69, 9.17) is 20.2 Å². The van der Waals surface area contributed by atoms with Gasteiger partial charge in [0.2, 0.25) is 0 Å². The number of ether oxygens (including phenoxy) is 2. The average Bonchev–Trinajstić information content (AvgIpc) is 3.12. The lowest BCUT2D eigenvalue weighted by Crippen LogP contribution is -2.44. The molecule has 1 fully saturated rings. The molecule has 29 heavy (non-hydrogen) atoms. The fraction of sp³-hybridized carbons (Fsp3) is 0.450. The quantitative estimate of drug-likeness (QED) is 0.790. The molecular weight excluding hydrogens is 377 g/mol. The number of hydrogen-bond acceptors (Lipinski definition) is 7. The molecule has 2 aliphatic heterocycles. The molecule has 154 valence electrons. The first-order chi connectivity index (χ1) is 14.0. The molecule has 9 heteroatoms. The van der Waals surface area contributed by atoms with Crippen molar-refractivity contribution in [2.45, 2.75) is 33.0 Å². The Morgan fingerprint density at radius 2 is 2.21 bits per heavy atom. The number of benzene rings is 1. The van der Waals surface area contributed by atoms with E-state index in [1.54, 1.807) is 24.0 Å². The van der Waals surface area contributed by atoms with Crippen LogP contribution in [0.2, 0.25) is 0 Å². The summed E-state index contributed by atoms with van der Waals surface area (Å²) in [7, 11) is 0. The van der Waals surface area contributed by atoms with E-state index in [0.29, 0.717) is 56.7 Å². The van der Waals surface area contributed by atoms with E-state index in [1.165, 1.54) is 6.07 Å². The third-order valence-electron chi connectivity index (χ3n) is 5.16. The third-order valence-corrected chi connectivity index (χ3v) is 5.16. The molecule has 0 radical (unpaired) electrons. The van der Waals surface area contributed by atoms with Crippen LogP contribution in [0.4, 0.5) is 20.7 Å². The maximum absolute atomic E-state index is 14.6.